The van der Waals surface area contributed by atoms with Crippen LogP contribution in [0.25, 0.3) is 0 Å². The first-order chi connectivity index (χ1) is 9.66. The molecule has 0 saturated heterocycles. The van der Waals surface area contributed by atoms with Gasteiger partial charge < -0.3 is 0 Å². The Labute approximate surface area is 135 Å². The van der Waals surface area contributed by atoms with Crippen molar-refractivity contribution in [3.05, 3.63) is 51.1 Å². The number of hydrogen-bond acceptors (Lipinski definition) is 3. The van der Waals surface area contributed by atoms with Crippen LogP contribution in [0.15, 0.2) is 44.3 Å². The number of anilines is 1. The van der Waals surface area contributed by atoms with E-state index in [1.807, 2.05) is 43.3 Å². The van der Waals surface area contributed by atoms with Crippen LogP contribution in [0.5, 0.6) is 0 Å². The Bertz CT molecular complexity index is 782. The van der Waals surface area contributed by atoms with E-state index in [1.54, 1.807) is 0 Å². The normalized spacial score (nSPS) is 11.9. The summed E-state index contributed by atoms with van der Waals surface area (Å²) in [7, 11) is 0. The van der Waals surface area contributed by atoms with Crippen LogP contribution >= 0.6 is 22.6 Å². The molecular weight excluding hydrogens is 432 g/mol. The first-order valence-corrected chi connectivity index (χ1v) is 8.55. The van der Waals surface area contributed by atoms with E-state index in [9.17, 15) is 4.79 Å². The third-order valence-electron chi connectivity index (χ3n) is 2.97. The molecule has 0 atom stereocenters. The van der Waals surface area contributed by atoms with Crippen LogP contribution in [-0.4, -0.2) is 20.5 Å². The van der Waals surface area contributed by atoms with Gasteiger partial charge in [0.25, 0.3) is 0 Å². The summed E-state index contributed by atoms with van der Waals surface area (Å²) < 4.78 is 9.65. The Kier molecular flexibility index (Phi) is 3.87. The molecule has 0 fully saturated rings. The van der Waals surface area contributed by atoms with E-state index in [0.29, 0.717) is 5.56 Å². The average Bonchev–Trinajstić information content (AvgIpc) is 2.91. The van der Waals surface area contributed by atoms with E-state index >= 15 is 0 Å². The summed E-state index contributed by atoms with van der Waals surface area (Å²) in [5.74, 6) is -0.110. The van der Waals surface area contributed by atoms with Crippen molar-refractivity contribution in [1.82, 2.24) is 0 Å². The topological polar surface area (TPSA) is 53.8 Å². The molecule has 4 nitrogen and oxygen atoms in total. The molecule has 1 N–H and O–H groups in total. The molecule has 20 heavy (non-hydrogen) atoms. The molecule has 1 aliphatic rings. The van der Waals surface area contributed by atoms with E-state index < -0.39 is 0 Å². The summed E-state index contributed by atoms with van der Waals surface area (Å²) in [4.78, 5) is 12.4. The minimum absolute atomic E-state index is 0.0963. The molecule has 6 heteroatoms. The molecule has 1 amide bonds. The quantitative estimate of drug-likeness (QED) is 0.470. The Morgan fingerprint density at radius 2 is 2.00 bits per heavy atom. The van der Waals surface area contributed by atoms with E-state index in [4.69, 9.17) is 0 Å². The molecule has 100 valence electrons. The summed E-state index contributed by atoms with van der Waals surface area (Å²) in [6.07, 6.45) is 0. The zero-order chi connectivity index (χ0) is 14.1. The van der Waals surface area contributed by atoms with Gasteiger partial charge in [0, 0.05) is 0 Å². The zero-order valence-corrected chi connectivity index (χ0v) is 14.4. The molecule has 0 aromatic heterocycles. The van der Waals surface area contributed by atoms with E-state index in [-0.39, 0.29) is 20.5 Å². The van der Waals surface area contributed by atoms with Gasteiger partial charge in [0.15, 0.2) is 0 Å². The summed E-state index contributed by atoms with van der Waals surface area (Å²) in [6, 6.07) is 11.4. The fraction of sp³-hybridized carbons (Fsp3) is 0.0714. The van der Waals surface area contributed by atoms with Crippen LogP contribution < -0.4 is 5.32 Å². The molecule has 0 aliphatic carbocycles. The summed E-state index contributed by atoms with van der Waals surface area (Å²) in [5, 5.41) is 2.94. The maximum absolute atomic E-state index is 12.4. The fourth-order valence-electron chi connectivity index (χ4n) is 1.92. The van der Waals surface area contributed by atoms with Crippen LogP contribution in [0.4, 0.5) is 17.1 Å². The van der Waals surface area contributed by atoms with Crippen molar-refractivity contribution in [2.75, 3.05) is 5.32 Å². The predicted octanol–water partition coefficient (Wildman–Crippen LogP) is 4.20. The zero-order valence-electron chi connectivity index (χ0n) is 10.6. The Morgan fingerprint density at radius 3 is 2.85 bits per heavy atom. The number of carbonyl (C=O) groups is 1. The molecule has 2 aromatic rings. The molecule has 0 radical (unpaired) electrons. The number of nitrogens with one attached hydrogen (secondary N) is 1. The van der Waals surface area contributed by atoms with Gasteiger partial charge in [-0.2, -0.15) is 0 Å². The van der Waals surface area contributed by atoms with Crippen molar-refractivity contribution in [1.29, 1.82) is 0 Å². The van der Waals surface area contributed by atoms with Crippen LogP contribution in [0.3, 0.4) is 0 Å². The Hall–Kier alpha value is -1.24. The van der Waals surface area contributed by atoms with Crippen molar-refractivity contribution in [2.45, 2.75) is 6.92 Å². The Morgan fingerprint density at radius 1 is 1.20 bits per heavy atom. The molecule has 2 aromatic carbocycles. The van der Waals surface area contributed by atoms with Crippen molar-refractivity contribution >= 4 is 60.1 Å². The number of fused-ring (bicyclic) bond motifs is 1. The second-order valence-corrected chi connectivity index (χ2v) is 6.52. The van der Waals surface area contributed by atoms with Crippen molar-refractivity contribution < 1.29 is 4.79 Å². The molecule has 0 bridgehead atoms. The van der Waals surface area contributed by atoms with Gasteiger partial charge in [0.05, 0.1) is 0 Å². The van der Waals surface area contributed by atoms with E-state index in [0.717, 1.165) is 26.2 Å². The predicted molar refractivity (Wildman–Crippen MR) is 88.2 cm³/mol. The molecule has 3 rings (SSSR count). The fourth-order valence-corrected chi connectivity index (χ4v) is 3.68. The summed E-state index contributed by atoms with van der Waals surface area (Å²) in [6.45, 7) is 2.00. The van der Waals surface area contributed by atoms with Crippen molar-refractivity contribution in [2.24, 2.45) is 7.92 Å². The number of halogens is 1. The number of benzene rings is 2. The van der Waals surface area contributed by atoms with Crippen LogP contribution in [0.1, 0.15) is 15.9 Å². The van der Waals surface area contributed by atoms with E-state index in [2.05, 4.69) is 35.8 Å². The number of amides is 1. The van der Waals surface area contributed by atoms with Gasteiger partial charge in [-0.25, -0.2) is 0 Å². The van der Waals surface area contributed by atoms with Gasteiger partial charge in [-0.05, 0) is 0 Å². The second kappa shape index (κ2) is 5.63. The molecule has 1 heterocycles. The first-order valence-electron chi connectivity index (χ1n) is 5.94. The van der Waals surface area contributed by atoms with Crippen molar-refractivity contribution in [3.8, 4) is 0 Å². The molecular formula is C14H10IN3OSe. The number of aryl methyl sites for hydroxylation is 1. The molecule has 0 spiro atoms. The second-order valence-electron chi connectivity index (χ2n) is 4.33. The molecule has 0 saturated carbocycles. The molecule has 0 unspecified atom stereocenters. The van der Waals surface area contributed by atoms with Crippen LogP contribution in [0.2, 0.25) is 0 Å². The van der Waals surface area contributed by atoms with Gasteiger partial charge in [0.1, 0.15) is 0 Å². The number of hydrogen-bond donors (Lipinski definition) is 1. The minimum atomic E-state index is -0.110. The van der Waals surface area contributed by atoms with Gasteiger partial charge in [-0.3, -0.25) is 0 Å². The van der Waals surface area contributed by atoms with Gasteiger partial charge in [-0.1, -0.05) is 0 Å². The van der Waals surface area contributed by atoms with Crippen LogP contribution in [-0.2, 0) is 0 Å². The number of carbonyl (C=O) groups excluding carboxylic acids is 1. The standard InChI is InChI=1S/C14H10IN3OSe/c1-8-4-2-5-9(12(8)15)14(19)16-10-6-3-7-11-13(10)18-20-17-11/h2-7H,1H3,(H,16,19). The Balaban J connectivity index is 1.93. The van der Waals surface area contributed by atoms with Gasteiger partial charge in [-0.15, -0.1) is 0 Å². The first kappa shape index (κ1) is 13.7. The summed E-state index contributed by atoms with van der Waals surface area (Å²) >= 11 is 2.10. The average molecular weight is 442 g/mol. The SMILES string of the molecule is Cc1cccc(C(=O)Nc2cccc3c2N=[Se]=N3)c1I. The van der Waals surface area contributed by atoms with E-state index in [1.165, 1.54) is 0 Å². The van der Waals surface area contributed by atoms with Gasteiger partial charge in [0.2, 0.25) is 0 Å². The van der Waals surface area contributed by atoms with Gasteiger partial charge >= 0.3 is 136 Å². The maximum atomic E-state index is 12.4. The summed E-state index contributed by atoms with van der Waals surface area (Å²) in [5.41, 5.74) is 4.17. The third-order valence-corrected chi connectivity index (χ3v) is 5.54. The third kappa shape index (κ3) is 2.51. The number of rotatable bonds is 2. The van der Waals surface area contributed by atoms with Crippen LogP contribution in [0, 0.1) is 10.5 Å². The van der Waals surface area contributed by atoms with Crippen molar-refractivity contribution in [3.63, 3.8) is 0 Å². The molecule has 1 aliphatic heterocycles. The number of nitrogens with zero attached hydrogens (tertiary/aromatic N) is 2. The monoisotopic (exact) mass is 443 g/mol.